The minimum atomic E-state index is 0.764. The molecule has 0 heterocycles. The molecule has 11 aromatic carbocycles. The quantitative estimate of drug-likeness (QED) is 0.0461. The second kappa shape index (κ2) is 19.2. The first-order chi connectivity index (χ1) is 35.7. The molecule has 0 bridgehead atoms. The minimum absolute atomic E-state index is 0.764. The van der Waals surface area contributed by atoms with E-state index in [4.69, 9.17) is 4.74 Å². The van der Waals surface area contributed by atoms with E-state index in [1.54, 1.807) is 0 Å². The Bertz CT molecular complexity index is 4000. The van der Waals surface area contributed by atoms with E-state index in [0.717, 1.165) is 47.5 Å². The fourth-order valence-corrected chi connectivity index (χ4v) is 11.4. The van der Waals surface area contributed by atoms with Gasteiger partial charge >= 0.3 is 0 Å². The van der Waals surface area contributed by atoms with E-state index < -0.39 is 0 Å². The van der Waals surface area contributed by atoms with Gasteiger partial charge in [-0.1, -0.05) is 220 Å². The van der Waals surface area contributed by atoms with Gasteiger partial charge in [-0.2, -0.15) is 0 Å². The zero-order valence-corrected chi connectivity index (χ0v) is 41.0. The fraction of sp³-hybridized carbons (Fsp3) is 0.0845. The van der Waals surface area contributed by atoms with Crippen molar-refractivity contribution < 1.29 is 4.74 Å². The van der Waals surface area contributed by atoms with Crippen molar-refractivity contribution in [2.75, 3.05) is 0 Å². The molecule has 0 saturated heterocycles. The monoisotopic (exact) mass is 922 g/mol. The summed E-state index contributed by atoms with van der Waals surface area (Å²) in [6.45, 7) is 6.09. The third-order valence-corrected chi connectivity index (χ3v) is 14.6. The zero-order chi connectivity index (χ0) is 48.5. The van der Waals surface area contributed by atoms with Gasteiger partial charge in [-0.05, 0) is 172 Å². The highest BCUT2D eigenvalue weighted by Crippen LogP contribution is 2.46. The molecular formula is C71H54O. The number of hydrogen-bond acceptors (Lipinski definition) is 1. The third-order valence-electron chi connectivity index (χ3n) is 14.6. The molecule has 0 amide bonds. The van der Waals surface area contributed by atoms with Crippen LogP contribution in [-0.2, 0) is 12.8 Å². The molecule has 0 fully saturated rings. The van der Waals surface area contributed by atoms with Crippen LogP contribution in [0.15, 0.2) is 242 Å². The highest BCUT2D eigenvalue weighted by molar-refractivity contribution is 6.21. The van der Waals surface area contributed by atoms with E-state index in [2.05, 4.69) is 249 Å². The van der Waals surface area contributed by atoms with Gasteiger partial charge in [-0.25, -0.2) is 0 Å². The Morgan fingerprint density at radius 1 is 0.472 bits per heavy atom. The molecule has 0 spiro atoms. The van der Waals surface area contributed by atoms with Crippen LogP contribution in [0, 0.1) is 0 Å². The largest absolute Gasteiger partial charge is 0.457 e. The van der Waals surface area contributed by atoms with Crippen LogP contribution in [0.4, 0.5) is 0 Å². The first-order valence-corrected chi connectivity index (χ1v) is 25.5. The molecule has 1 heteroatoms. The van der Waals surface area contributed by atoms with Gasteiger partial charge in [0.05, 0.1) is 0 Å². The van der Waals surface area contributed by atoms with Gasteiger partial charge in [0.25, 0.3) is 0 Å². The molecular weight excluding hydrogens is 869 g/mol. The molecule has 0 aromatic heterocycles. The third kappa shape index (κ3) is 7.86. The Hall–Kier alpha value is -8.74. The van der Waals surface area contributed by atoms with Crippen LogP contribution < -0.4 is 4.74 Å². The average Bonchev–Trinajstić information content (AvgIpc) is 3.45. The standard InChI is InChI=1S/C69H48O.C2H6/c1-2-15-45(64-44-53-18-6-7-21-55(53)57-22-8-9-23-58(57)64)38-43-65(47-30-28-46(29-31-47)56-41-36-52-33-32-49-19-14-20-50-37-42-63(56)69(52)66(49)50)70-54-39-34-51(35-40-54)68-61-26-12-10-24-59(61)67(48-16-4-3-5-17-48)60-25-11-13-27-62(60)68;1-2/h2-18,21-31,34-44H,20,32-33H2,1H3;1-2H3/b15-2-,45-38+,65-43+;. The maximum absolute atomic E-state index is 7.06. The van der Waals surface area contributed by atoms with Gasteiger partial charge in [0.15, 0.2) is 0 Å². The van der Waals surface area contributed by atoms with Crippen molar-refractivity contribution in [1.29, 1.82) is 0 Å². The maximum Gasteiger partial charge on any atom is 0.134 e. The van der Waals surface area contributed by atoms with Crippen LogP contribution in [0.5, 0.6) is 5.75 Å². The summed E-state index contributed by atoms with van der Waals surface area (Å²) in [5, 5.41) is 12.6. The molecule has 344 valence electrons. The summed E-state index contributed by atoms with van der Waals surface area (Å²) in [6.07, 6.45) is 14.0. The Morgan fingerprint density at radius 2 is 1.06 bits per heavy atom. The van der Waals surface area contributed by atoms with E-state index in [9.17, 15) is 0 Å². The Labute approximate surface area is 422 Å². The molecule has 0 atom stereocenters. The minimum Gasteiger partial charge on any atom is -0.457 e. The summed E-state index contributed by atoms with van der Waals surface area (Å²) >= 11 is 0. The number of rotatable bonds is 9. The number of benzene rings is 11. The summed E-state index contributed by atoms with van der Waals surface area (Å²) in [5.41, 5.74) is 19.8. The van der Waals surface area contributed by atoms with Crippen LogP contribution in [0.2, 0.25) is 0 Å². The fourth-order valence-electron chi connectivity index (χ4n) is 11.4. The maximum atomic E-state index is 7.06. The van der Waals surface area contributed by atoms with Crippen LogP contribution in [0.25, 0.3) is 104 Å². The smallest absolute Gasteiger partial charge is 0.134 e. The number of fused-ring (bicyclic) bond motifs is 5. The molecule has 72 heavy (non-hydrogen) atoms. The Morgan fingerprint density at radius 3 is 1.74 bits per heavy atom. The van der Waals surface area contributed by atoms with Crippen LogP contribution >= 0.6 is 0 Å². The molecule has 0 unspecified atom stereocenters. The van der Waals surface area contributed by atoms with Crippen LogP contribution in [0.3, 0.4) is 0 Å². The van der Waals surface area contributed by atoms with E-state index in [1.165, 1.54) is 110 Å². The Balaban J connectivity index is 0.00000262. The summed E-state index contributed by atoms with van der Waals surface area (Å²) < 4.78 is 7.06. The molecule has 0 N–H and O–H groups in total. The van der Waals surface area contributed by atoms with Crippen molar-refractivity contribution in [2.24, 2.45) is 0 Å². The number of aryl methyl sites for hydroxylation is 1. The van der Waals surface area contributed by atoms with E-state index in [-0.39, 0.29) is 0 Å². The van der Waals surface area contributed by atoms with Crippen LogP contribution in [0.1, 0.15) is 55.0 Å². The van der Waals surface area contributed by atoms with E-state index in [0.29, 0.717) is 0 Å². The molecule has 0 radical (unpaired) electrons. The highest BCUT2D eigenvalue weighted by Gasteiger charge is 2.23. The summed E-state index contributed by atoms with van der Waals surface area (Å²) in [6, 6.07) is 75.1. The molecule has 0 saturated carbocycles. The van der Waals surface area contributed by atoms with Crippen molar-refractivity contribution in [3.8, 4) is 39.1 Å². The van der Waals surface area contributed by atoms with Gasteiger partial charge < -0.3 is 4.74 Å². The predicted octanol–water partition coefficient (Wildman–Crippen LogP) is 19.6. The second-order valence-corrected chi connectivity index (χ2v) is 18.6. The summed E-state index contributed by atoms with van der Waals surface area (Å²) in [5.74, 6) is 1.53. The molecule has 2 aliphatic carbocycles. The van der Waals surface area contributed by atoms with Crippen molar-refractivity contribution in [1.82, 2.24) is 0 Å². The lowest BCUT2D eigenvalue weighted by Crippen LogP contribution is -2.06. The number of ether oxygens (including phenoxy) is 1. The second-order valence-electron chi connectivity index (χ2n) is 18.6. The first-order valence-electron chi connectivity index (χ1n) is 25.5. The van der Waals surface area contributed by atoms with Gasteiger partial charge in [-0.3, -0.25) is 0 Å². The SMILES string of the molecule is CC.C\C=C/C(=C\C=C(\Oc1ccc(-c2c3ccccc3c(-c3ccccc3)c3ccccc23)cc1)c1ccc(-c2ccc3c4c5c(ccc24)CC=C=C5CC3)cc1)c1cc2ccccc2c2ccccc12. The molecule has 0 aliphatic heterocycles. The predicted molar refractivity (Wildman–Crippen MR) is 309 cm³/mol. The van der Waals surface area contributed by atoms with Crippen molar-refractivity contribution in [3.63, 3.8) is 0 Å². The average molecular weight is 923 g/mol. The highest BCUT2D eigenvalue weighted by atomic mass is 16.5. The first kappa shape index (κ1) is 44.5. The Kier molecular flexibility index (Phi) is 11.9. The molecule has 11 aromatic rings. The molecule has 1 nitrogen and oxygen atoms in total. The summed E-state index contributed by atoms with van der Waals surface area (Å²) in [4.78, 5) is 0. The zero-order valence-electron chi connectivity index (χ0n) is 41.0. The summed E-state index contributed by atoms with van der Waals surface area (Å²) in [7, 11) is 0. The van der Waals surface area contributed by atoms with Crippen molar-refractivity contribution in [2.45, 2.75) is 40.0 Å². The lowest BCUT2D eigenvalue weighted by molar-refractivity contribution is 0.515. The lowest BCUT2D eigenvalue weighted by atomic mass is 9.79. The van der Waals surface area contributed by atoms with E-state index >= 15 is 0 Å². The number of hydrogen-bond donors (Lipinski definition) is 0. The number of allylic oxidation sites excluding steroid dienone is 6. The van der Waals surface area contributed by atoms with E-state index in [1.807, 2.05) is 13.8 Å². The van der Waals surface area contributed by atoms with Gasteiger partial charge in [0.2, 0.25) is 0 Å². The lowest BCUT2D eigenvalue weighted by Gasteiger charge is -2.25. The van der Waals surface area contributed by atoms with Gasteiger partial charge in [0, 0.05) is 11.1 Å². The van der Waals surface area contributed by atoms with Gasteiger partial charge in [-0.15, -0.1) is 5.73 Å². The van der Waals surface area contributed by atoms with Gasteiger partial charge in [0.1, 0.15) is 11.5 Å². The van der Waals surface area contributed by atoms with Crippen LogP contribution in [-0.4, -0.2) is 0 Å². The van der Waals surface area contributed by atoms with Crippen molar-refractivity contribution in [3.05, 3.63) is 270 Å². The topological polar surface area (TPSA) is 9.23 Å². The molecule has 13 rings (SSSR count). The molecule has 2 aliphatic rings. The normalized spacial score (nSPS) is 13.2. The van der Waals surface area contributed by atoms with Crippen molar-refractivity contribution >= 4 is 70.8 Å².